The third-order valence-electron chi connectivity index (χ3n) is 3.57. The lowest BCUT2D eigenvalue weighted by molar-refractivity contribution is 0.0157. The lowest BCUT2D eigenvalue weighted by atomic mass is 10.1. The average molecular weight is 271 g/mol. The normalized spacial score (nSPS) is 25.3. The van der Waals surface area contributed by atoms with Crippen LogP contribution < -0.4 is 0 Å². The molecule has 0 radical (unpaired) electrons. The Hall–Kier alpha value is -0.920. The van der Waals surface area contributed by atoms with Crippen LogP contribution in [0, 0.1) is 0 Å². The van der Waals surface area contributed by atoms with Gasteiger partial charge in [-0.3, -0.25) is 4.90 Å². The van der Waals surface area contributed by atoms with Crippen LogP contribution in [0.1, 0.15) is 24.1 Å². The Bertz CT molecular complexity index is 522. The third-order valence-corrected chi connectivity index (χ3v) is 4.44. The summed E-state index contributed by atoms with van der Waals surface area (Å²) in [6.07, 6.45) is 5.05. The van der Waals surface area contributed by atoms with Gasteiger partial charge in [-0.05, 0) is 12.8 Å². The van der Waals surface area contributed by atoms with Crippen molar-refractivity contribution in [1.29, 1.82) is 0 Å². The third kappa shape index (κ3) is 2.17. The number of nitrogens with zero attached hydrogens (tertiary/aromatic N) is 3. The SMILES string of the molecule is CS(=O)(=O)n1cc2c(n1)CN([C@@H]1CCCOC1)C2. The minimum absolute atomic E-state index is 0.444. The summed E-state index contributed by atoms with van der Waals surface area (Å²) in [6.45, 7) is 3.14. The topological polar surface area (TPSA) is 64.4 Å². The molecule has 18 heavy (non-hydrogen) atoms. The minimum atomic E-state index is -3.26. The minimum Gasteiger partial charge on any atom is -0.380 e. The lowest BCUT2D eigenvalue weighted by Gasteiger charge is -2.30. The zero-order chi connectivity index (χ0) is 12.8. The van der Waals surface area contributed by atoms with Crippen molar-refractivity contribution in [3.8, 4) is 0 Å². The van der Waals surface area contributed by atoms with Gasteiger partial charge in [0.2, 0.25) is 0 Å². The summed E-state index contributed by atoms with van der Waals surface area (Å²) >= 11 is 0. The van der Waals surface area contributed by atoms with Crippen molar-refractivity contribution in [2.24, 2.45) is 0 Å². The van der Waals surface area contributed by atoms with Crippen molar-refractivity contribution in [3.63, 3.8) is 0 Å². The van der Waals surface area contributed by atoms with Crippen molar-refractivity contribution < 1.29 is 13.2 Å². The number of aromatic nitrogens is 2. The number of ether oxygens (including phenoxy) is 1. The van der Waals surface area contributed by atoms with E-state index in [-0.39, 0.29) is 0 Å². The predicted molar refractivity (Wildman–Crippen MR) is 65.6 cm³/mol. The van der Waals surface area contributed by atoms with Gasteiger partial charge < -0.3 is 4.74 Å². The van der Waals surface area contributed by atoms with E-state index in [2.05, 4.69) is 10.00 Å². The Kier molecular flexibility index (Phi) is 2.91. The van der Waals surface area contributed by atoms with Crippen LogP contribution in [0.5, 0.6) is 0 Å². The van der Waals surface area contributed by atoms with Crippen molar-refractivity contribution >= 4 is 10.0 Å². The second-order valence-corrected chi connectivity index (χ2v) is 6.85. The molecule has 1 saturated heterocycles. The molecule has 3 rings (SSSR count). The van der Waals surface area contributed by atoms with Gasteiger partial charge in [0.15, 0.2) is 0 Å². The maximum atomic E-state index is 11.4. The van der Waals surface area contributed by atoms with Crippen molar-refractivity contribution in [3.05, 3.63) is 17.5 Å². The molecule has 0 aromatic carbocycles. The summed E-state index contributed by atoms with van der Waals surface area (Å²) in [5.41, 5.74) is 1.90. The van der Waals surface area contributed by atoms with Crippen LogP contribution >= 0.6 is 0 Å². The summed E-state index contributed by atoms with van der Waals surface area (Å²) in [4.78, 5) is 2.32. The Morgan fingerprint density at radius 3 is 2.89 bits per heavy atom. The van der Waals surface area contributed by atoms with Gasteiger partial charge in [-0.1, -0.05) is 0 Å². The fourth-order valence-electron chi connectivity index (χ4n) is 2.59. The van der Waals surface area contributed by atoms with Gasteiger partial charge in [0.1, 0.15) is 0 Å². The van der Waals surface area contributed by atoms with Crippen LogP contribution in [0.25, 0.3) is 0 Å². The zero-order valence-electron chi connectivity index (χ0n) is 10.4. The van der Waals surface area contributed by atoms with E-state index in [1.54, 1.807) is 6.20 Å². The van der Waals surface area contributed by atoms with Crippen molar-refractivity contribution in [2.75, 3.05) is 19.5 Å². The molecule has 0 aliphatic carbocycles. The maximum Gasteiger partial charge on any atom is 0.250 e. The summed E-state index contributed by atoms with van der Waals surface area (Å²) in [5, 5.41) is 4.15. The van der Waals surface area contributed by atoms with Gasteiger partial charge in [0.25, 0.3) is 10.0 Å². The van der Waals surface area contributed by atoms with E-state index >= 15 is 0 Å². The molecule has 100 valence electrons. The second kappa shape index (κ2) is 4.32. The highest BCUT2D eigenvalue weighted by Crippen LogP contribution is 2.26. The molecule has 1 aromatic rings. The molecule has 0 bridgehead atoms. The average Bonchev–Trinajstić information content (AvgIpc) is 2.86. The lowest BCUT2D eigenvalue weighted by Crippen LogP contribution is -2.37. The van der Waals surface area contributed by atoms with E-state index in [0.717, 1.165) is 54.5 Å². The largest absolute Gasteiger partial charge is 0.380 e. The van der Waals surface area contributed by atoms with E-state index < -0.39 is 10.0 Å². The summed E-state index contributed by atoms with van der Waals surface area (Å²) in [7, 11) is -3.26. The van der Waals surface area contributed by atoms with Crippen molar-refractivity contribution in [2.45, 2.75) is 32.0 Å². The van der Waals surface area contributed by atoms with Crippen LogP contribution in [-0.2, 0) is 27.8 Å². The number of rotatable bonds is 2. The van der Waals surface area contributed by atoms with Gasteiger partial charge in [-0.25, -0.2) is 8.42 Å². The molecule has 6 nitrogen and oxygen atoms in total. The van der Waals surface area contributed by atoms with Gasteiger partial charge in [-0.15, -0.1) is 0 Å². The van der Waals surface area contributed by atoms with Crippen molar-refractivity contribution in [1.82, 2.24) is 14.1 Å². The summed E-state index contributed by atoms with van der Waals surface area (Å²) in [5.74, 6) is 0. The Balaban J connectivity index is 1.74. The molecule has 3 heterocycles. The zero-order valence-corrected chi connectivity index (χ0v) is 11.2. The van der Waals surface area contributed by atoms with Crippen LogP contribution in [0.3, 0.4) is 0 Å². The first-order valence-corrected chi connectivity index (χ1v) is 7.98. The number of hydrogen-bond donors (Lipinski definition) is 0. The molecule has 1 atom stereocenters. The second-order valence-electron chi connectivity index (χ2n) is 5.01. The molecular weight excluding hydrogens is 254 g/mol. The first-order valence-electron chi connectivity index (χ1n) is 6.14. The van der Waals surface area contributed by atoms with Gasteiger partial charge >= 0.3 is 0 Å². The standard InChI is InChI=1S/C11H17N3O3S/c1-18(15,16)14-6-9-5-13(7-11(9)12-14)10-3-2-4-17-8-10/h6,10H,2-5,7-8H2,1H3/t10-/m1/s1. The molecule has 0 unspecified atom stereocenters. The van der Waals surface area contributed by atoms with Crippen LogP contribution in [0.2, 0.25) is 0 Å². The molecule has 0 saturated carbocycles. The molecule has 7 heteroatoms. The Morgan fingerprint density at radius 2 is 2.28 bits per heavy atom. The molecule has 1 fully saturated rings. The quantitative estimate of drug-likeness (QED) is 0.768. The van der Waals surface area contributed by atoms with E-state index in [9.17, 15) is 8.42 Å². The summed E-state index contributed by atoms with van der Waals surface area (Å²) in [6, 6.07) is 0.444. The van der Waals surface area contributed by atoms with E-state index in [1.807, 2.05) is 0 Å². The Labute approximate surface area is 107 Å². The molecule has 2 aliphatic rings. The van der Waals surface area contributed by atoms with Gasteiger partial charge in [0, 0.05) is 37.5 Å². The van der Waals surface area contributed by atoms with E-state index in [0.29, 0.717) is 6.04 Å². The molecule has 2 aliphatic heterocycles. The Morgan fingerprint density at radius 1 is 1.44 bits per heavy atom. The van der Waals surface area contributed by atoms with Crippen LogP contribution in [0.4, 0.5) is 0 Å². The van der Waals surface area contributed by atoms with Gasteiger partial charge in [-0.2, -0.15) is 9.19 Å². The highest BCUT2D eigenvalue weighted by Gasteiger charge is 2.30. The monoisotopic (exact) mass is 271 g/mol. The first-order chi connectivity index (χ1) is 8.54. The molecule has 0 amide bonds. The van der Waals surface area contributed by atoms with Gasteiger partial charge in [0.05, 0.1) is 18.6 Å². The fourth-order valence-corrected chi connectivity index (χ4v) is 3.16. The number of fused-ring (bicyclic) bond motifs is 1. The molecule has 1 aromatic heterocycles. The first kappa shape index (κ1) is 12.1. The van der Waals surface area contributed by atoms with Crippen LogP contribution in [0.15, 0.2) is 6.20 Å². The molecule has 0 spiro atoms. The highest BCUT2D eigenvalue weighted by atomic mass is 32.2. The predicted octanol–water partition coefficient (Wildman–Crippen LogP) is 0.185. The molecular formula is C11H17N3O3S. The maximum absolute atomic E-state index is 11.4. The molecule has 0 N–H and O–H groups in total. The number of hydrogen-bond acceptors (Lipinski definition) is 5. The fraction of sp³-hybridized carbons (Fsp3) is 0.727. The summed E-state index contributed by atoms with van der Waals surface area (Å²) < 4.78 is 29.3. The van der Waals surface area contributed by atoms with E-state index in [1.165, 1.54) is 6.26 Å². The smallest absolute Gasteiger partial charge is 0.250 e. The van der Waals surface area contributed by atoms with Crippen LogP contribution in [-0.4, -0.2) is 48.0 Å². The van der Waals surface area contributed by atoms with E-state index in [4.69, 9.17) is 4.74 Å². The highest BCUT2D eigenvalue weighted by molar-refractivity contribution is 7.89.